The fourth-order valence-corrected chi connectivity index (χ4v) is 1.93. The first-order valence-corrected chi connectivity index (χ1v) is 6.52. The summed E-state index contributed by atoms with van der Waals surface area (Å²) < 4.78 is 44.1. The third-order valence-corrected chi connectivity index (χ3v) is 3.12. The minimum Gasteiger partial charge on any atom is -0.405 e. The van der Waals surface area contributed by atoms with Gasteiger partial charge in [0.15, 0.2) is 4.88 Å². The Morgan fingerprint density at radius 1 is 1.36 bits per heavy atom. The Balaban J connectivity index is 2.08. The monoisotopic (exact) mass is 331 g/mol. The van der Waals surface area contributed by atoms with Gasteiger partial charge in [0.05, 0.1) is 11.9 Å². The molecule has 1 aromatic heterocycles. The Hall–Kier alpha value is -2.49. The fourth-order valence-electron chi connectivity index (χ4n) is 1.40. The van der Waals surface area contributed by atoms with Crippen LogP contribution in [-0.4, -0.2) is 28.1 Å². The molecular weight excluding hydrogens is 323 g/mol. The molecule has 0 saturated heterocycles. The van der Waals surface area contributed by atoms with Gasteiger partial charge in [-0.05, 0) is 30.6 Å². The second kappa shape index (κ2) is 6.52. The molecule has 0 N–H and O–H groups in total. The van der Waals surface area contributed by atoms with Crippen LogP contribution in [0, 0.1) is 6.92 Å². The zero-order valence-corrected chi connectivity index (χ0v) is 11.8. The van der Waals surface area contributed by atoms with E-state index in [0.717, 1.165) is 23.8 Å². The highest BCUT2D eigenvalue weighted by molar-refractivity contribution is 7.07. The van der Waals surface area contributed by atoms with Crippen LogP contribution in [-0.2, 0) is 4.84 Å². The molecule has 1 aromatic carbocycles. The van der Waals surface area contributed by atoms with Crippen molar-refractivity contribution >= 4 is 23.7 Å². The first-order valence-electron chi connectivity index (χ1n) is 5.75. The van der Waals surface area contributed by atoms with Crippen LogP contribution < -0.4 is 4.74 Å². The number of hydrogen-bond acceptors (Lipinski definition) is 7. The Kier molecular flexibility index (Phi) is 4.71. The summed E-state index contributed by atoms with van der Waals surface area (Å²) in [5.41, 5.74) is 0.387. The van der Waals surface area contributed by atoms with Gasteiger partial charge in [0, 0.05) is 5.56 Å². The third kappa shape index (κ3) is 4.25. The molecule has 22 heavy (non-hydrogen) atoms. The lowest BCUT2D eigenvalue weighted by molar-refractivity contribution is -0.274. The van der Waals surface area contributed by atoms with E-state index in [-0.39, 0.29) is 10.4 Å². The van der Waals surface area contributed by atoms with E-state index in [0.29, 0.717) is 5.69 Å². The van der Waals surface area contributed by atoms with Gasteiger partial charge in [0.25, 0.3) is 0 Å². The molecule has 0 aliphatic carbocycles. The van der Waals surface area contributed by atoms with E-state index in [2.05, 4.69) is 24.3 Å². The molecule has 0 radical (unpaired) electrons. The highest BCUT2D eigenvalue weighted by Gasteiger charge is 2.31. The molecule has 0 aliphatic heterocycles. The Labute approximate surface area is 126 Å². The van der Waals surface area contributed by atoms with Crippen LogP contribution in [0.25, 0.3) is 0 Å². The second-order valence-electron chi connectivity index (χ2n) is 3.89. The maximum absolute atomic E-state index is 12.2. The van der Waals surface area contributed by atoms with E-state index in [1.807, 2.05) is 0 Å². The Morgan fingerprint density at radius 3 is 2.73 bits per heavy atom. The van der Waals surface area contributed by atoms with Crippen molar-refractivity contribution in [3.63, 3.8) is 0 Å². The lowest BCUT2D eigenvalue weighted by Gasteiger charge is -2.10. The molecule has 2 aromatic rings. The quantitative estimate of drug-likeness (QED) is 0.489. The van der Waals surface area contributed by atoms with Crippen molar-refractivity contribution in [1.29, 1.82) is 0 Å². The molecule has 0 unspecified atom stereocenters. The van der Waals surface area contributed by atoms with Crippen LogP contribution in [0.4, 0.5) is 13.2 Å². The van der Waals surface area contributed by atoms with Crippen LogP contribution >= 0.6 is 11.5 Å². The summed E-state index contributed by atoms with van der Waals surface area (Å²) in [7, 11) is 0. The smallest absolute Gasteiger partial charge is 0.405 e. The average molecular weight is 331 g/mol. The van der Waals surface area contributed by atoms with Crippen molar-refractivity contribution in [2.24, 2.45) is 5.16 Å². The minimum atomic E-state index is -4.83. The molecule has 1 heterocycles. The normalized spacial score (nSPS) is 11.6. The molecule has 0 aliphatic rings. The number of aryl methyl sites for hydroxylation is 1. The van der Waals surface area contributed by atoms with Gasteiger partial charge in [-0.3, -0.25) is 0 Å². The molecular formula is C12H8F3N3O3S. The molecule has 116 valence electrons. The maximum Gasteiger partial charge on any atom is 0.573 e. The molecule has 0 spiro atoms. The summed E-state index contributed by atoms with van der Waals surface area (Å²) in [6.45, 7) is 1.57. The van der Waals surface area contributed by atoms with Crippen molar-refractivity contribution in [3.8, 4) is 5.75 Å². The zero-order valence-electron chi connectivity index (χ0n) is 11.0. The second-order valence-corrected chi connectivity index (χ2v) is 4.64. The SMILES string of the molecule is Cc1nnsc1C(=O)O/N=C/c1ccccc1OC(F)(F)F. The van der Waals surface area contributed by atoms with Crippen molar-refractivity contribution in [1.82, 2.24) is 9.59 Å². The first-order chi connectivity index (χ1) is 10.4. The number of alkyl halides is 3. The highest BCUT2D eigenvalue weighted by Crippen LogP contribution is 2.25. The van der Waals surface area contributed by atoms with Crippen LogP contribution in [0.2, 0.25) is 0 Å². The number of halogens is 3. The van der Waals surface area contributed by atoms with Crippen molar-refractivity contribution < 1.29 is 27.5 Å². The van der Waals surface area contributed by atoms with Crippen molar-refractivity contribution in [2.75, 3.05) is 0 Å². The van der Waals surface area contributed by atoms with E-state index in [1.54, 1.807) is 6.92 Å². The summed E-state index contributed by atoms with van der Waals surface area (Å²) in [5, 5.41) is 6.99. The molecule has 0 atom stereocenters. The van der Waals surface area contributed by atoms with E-state index in [4.69, 9.17) is 0 Å². The summed E-state index contributed by atoms with van der Waals surface area (Å²) in [6, 6.07) is 5.31. The molecule has 0 saturated carbocycles. The van der Waals surface area contributed by atoms with Gasteiger partial charge >= 0.3 is 12.3 Å². The summed E-state index contributed by atoms with van der Waals surface area (Å²) in [5.74, 6) is -1.25. The summed E-state index contributed by atoms with van der Waals surface area (Å²) in [4.78, 5) is 16.4. The largest absolute Gasteiger partial charge is 0.573 e. The van der Waals surface area contributed by atoms with Gasteiger partial charge in [-0.15, -0.1) is 18.3 Å². The van der Waals surface area contributed by atoms with Gasteiger partial charge in [0.2, 0.25) is 0 Å². The van der Waals surface area contributed by atoms with E-state index in [1.165, 1.54) is 18.2 Å². The van der Waals surface area contributed by atoms with E-state index < -0.39 is 18.1 Å². The Bertz CT molecular complexity index is 700. The number of aromatic nitrogens is 2. The number of nitrogens with zero attached hydrogens (tertiary/aromatic N) is 3. The van der Waals surface area contributed by atoms with Crippen LogP contribution in [0.5, 0.6) is 5.75 Å². The predicted octanol–water partition coefficient (Wildman–Crippen LogP) is 2.94. The number of para-hydroxylation sites is 1. The van der Waals surface area contributed by atoms with E-state index in [9.17, 15) is 18.0 Å². The fraction of sp³-hybridized carbons (Fsp3) is 0.167. The summed E-state index contributed by atoms with van der Waals surface area (Å²) >= 11 is 0.832. The van der Waals surface area contributed by atoms with Gasteiger partial charge in [-0.25, -0.2) is 4.79 Å². The van der Waals surface area contributed by atoms with Crippen molar-refractivity contribution in [2.45, 2.75) is 13.3 Å². The number of benzene rings is 1. The first kappa shape index (κ1) is 15.9. The Morgan fingerprint density at radius 2 is 2.09 bits per heavy atom. The van der Waals surface area contributed by atoms with Crippen LogP contribution in [0.1, 0.15) is 20.9 Å². The van der Waals surface area contributed by atoms with Gasteiger partial charge in [-0.1, -0.05) is 21.8 Å². The summed E-state index contributed by atoms with van der Waals surface area (Å²) in [6.07, 6.45) is -3.88. The van der Waals surface area contributed by atoms with E-state index >= 15 is 0 Å². The molecule has 0 fully saturated rings. The lowest BCUT2D eigenvalue weighted by Crippen LogP contribution is -2.18. The van der Waals surface area contributed by atoms with Crippen LogP contribution in [0.3, 0.4) is 0 Å². The molecule has 10 heteroatoms. The number of carbonyl (C=O) groups excluding carboxylic acids is 1. The molecule has 0 amide bonds. The number of carbonyl (C=O) groups is 1. The van der Waals surface area contributed by atoms with Crippen LogP contribution in [0.15, 0.2) is 29.4 Å². The van der Waals surface area contributed by atoms with Crippen molar-refractivity contribution in [3.05, 3.63) is 40.4 Å². The zero-order chi connectivity index (χ0) is 16.2. The highest BCUT2D eigenvalue weighted by atomic mass is 32.1. The molecule has 2 rings (SSSR count). The third-order valence-electron chi connectivity index (χ3n) is 2.31. The molecule has 6 nitrogen and oxygen atoms in total. The standard InChI is InChI=1S/C12H8F3N3O3S/c1-7-10(22-18-17-7)11(19)21-16-6-8-4-2-3-5-9(8)20-12(13,14)15/h2-6H,1H3/b16-6+. The number of rotatable bonds is 4. The topological polar surface area (TPSA) is 73.7 Å². The number of ether oxygens (including phenoxy) is 1. The predicted molar refractivity (Wildman–Crippen MR) is 70.8 cm³/mol. The van der Waals surface area contributed by atoms with Gasteiger partial charge in [-0.2, -0.15) is 0 Å². The molecule has 0 bridgehead atoms. The maximum atomic E-state index is 12.2. The average Bonchev–Trinajstić information content (AvgIpc) is 2.85. The minimum absolute atomic E-state index is 0.00627. The number of oxime groups is 1. The lowest BCUT2D eigenvalue weighted by atomic mass is 10.2. The number of hydrogen-bond donors (Lipinski definition) is 0. The van der Waals surface area contributed by atoms with Gasteiger partial charge in [0.1, 0.15) is 5.75 Å². The van der Waals surface area contributed by atoms with Gasteiger partial charge < -0.3 is 9.57 Å².